The SMILES string of the molecule is CC(C)(C)OC(=O)N1CC[C@@H]1CO.COC[C@H]1CCN1C(=O)OC(C)(C)C.[2H]CF. The Balaban J connectivity index is 0.000000497. The number of carbonyl (C=O) groups excluding carboxylic acids is 2. The third-order valence-corrected chi connectivity index (χ3v) is 4.11. The second kappa shape index (κ2) is 12.2. The number of alkyl halides is 1. The average Bonchev–Trinajstić information content (AvgIpc) is 2.48. The Morgan fingerprint density at radius 3 is 1.62 bits per heavy atom. The van der Waals surface area contributed by atoms with Crippen LogP contribution in [-0.4, -0.2) is 90.9 Å². The summed E-state index contributed by atoms with van der Waals surface area (Å²) in [6.45, 7) is 13.2. The van der Waals surface area contributed by atoms with Crippen molar-refractivity contribution >= 4 is 12.2 Å². The molecule has 172 valence electrons. The maximum absolute atomic E-state index is 11.6. The van der Waals surface area contributed by atoms with Crippen LogP contribution in [0.2, 0.25) is 0 Å². The zero-order valence-corrected chi connectivity index (χ0v) is 18.9. The van der Waals surface area contributed by atoms with Gasteiger partial charge in [0.1, 0.15) is 11.2 Å². The Morgan fingerprint density at radius 2 is 1.38 bits per heavy atom. The predicted molar refractivity (Wildman–Crippen MR) is 109 cm³/mol. The molecule has 0 bridgehead atoms. The Labute approximate surface area is 175 Å². The second-order valence-electron chi connectivity index (χ2n) is 8.87. The highest BCUT2D eigenvalue weighted by Crippen LogP contribution is 2.21. The molecule has 2 aliphatic heterocycles. The first-order valence-corrected chi connectivity index (χ1v) is 9.73. The number of carbonyl (C=O) groups is 2. The zero-order valence-electron chi connectivity index (χ0n) is 19.9. The van der Waals surface area contributed by atoms with Gasteiger partial charge in [-0.3, -0.25) is 4.39 Å². The highest BCUT2D eigenvalue weighted by molar-refractivity contribution is 5.70. The quantitative estimate of drug-likeness (QED) is 0.750. The molecule has 2 heterocycles. The van der Waals surface area contributed by atoms with Gasteiger partial charge in [0.15, 0.2) is 0 Å². The number of amides is 2. The molecule has 0 saturated carbocycles. The van der Waals surface area contributed by atoms with Crippen LogP contribution in [0.25, 0.3) is 0 Å². The Hall–Kier alpha value is -1.61. The number of hydrogen-bond acceptors (Lipinski definition) is 6. The smallest absolute Gasteiger partial charge is 0.410 e. The van der Waals surface area contributed by atoms with Gasteiger partial charge in [0.05, 0.1) is 33.8 Å². The van der Waals surface area contributed by atoms with Gasteiger partial charge in [-0.25, -0.2) is 9.59 Å². The van der Waals surface area contributed by atoms with E-state index in [1.807, 2.05) is 41.5 Å². The maximum atomic E-state index is 11.6. The van der Waals surface area contributed by atoms with E-state index in [2.05, 4.69) is 0 Å². The Morgan fingerprint density at radius 1 is 1.00 bits per heavy atom. The number of aliphatic hydroxyl groups excluding tert-OH is 1. The van der Waals surface area contributed by atoms with E-state index in [-0.39, 0.29) is 30.9 Å². The topological polar surface area (TPSA) is 88.5 Å². The molecule has 0 aliphatic carbocycles. The lowest BCUT2D eigenvalue weighted by atomic mass is 10.1. The number of halogens is 1. The van der Waals surface area contributed by atoms with E-state index in [9.17, 15) is 14.0 Å². The summed E-state index contributed by atoms with van der Waals surface area (Å²) in [4.78, 5) is 26.3. The van der Waals surface area contributed by atoms with E-state index in [1.54, 1.807) is 16.9 Å². The fourth-order valence-electron chi connectivity index (χ4n) is 2.56. The molecule has 8 nitrogen and oxygen atoms in total. The number of ether oxygens (including phenoxy) is 3. The first kappa shape index (κ1) is 25.4. The van der Waals surface area contributed by atoms with E-state index < -0.39 is 18.4 Å². The molecule has 29 heavy (non-hydrogen) atoms. The van der Waals surface area contributed by atoms with E-state index in [1.165, 1.54) is 0 Å². The summed E-state index contributed by atoms with van der Waals surface area (Å²) >= 11 is 0. The number of hydrogen-bond donors (Lipinski definition) is 1. The summed E-state index contributed by atoms with van der Waals surface area (Å²) in [5, 5.41) is 8.85. The molecule has 0 radical (unpaired) electrons. The third-order valence-electron chi connectivity index (χ3n) is 4.11. The summed E-state index contributed by atoms with van der Waals surface area (Å²) in [6.07, 6.45) is 1.33. The molecule has 2 fully saturated rings. The van der Waals surface area contributed by atoms with Gasteiger partial charge in [-0.05, 0) is 54.4 Å². The summed E-state index contributed by atoms with van der Waals surface area (Å²) in [5.74, 6) is 0. The van der Waals surface area contributed by atoms with Crippen LogP contribution >= 0.6 is 0 Å². The van der Waals surface area contributed by atoms with Crippen molar-refractivity contribution in [3.05, 3.63) is 0 Å². The fraction of sp³-hybridized carbons (Fsp3) is 0.900. The summed E-state index contributed by atoms with van der Waals surface area (Å²) in [6, 6.07) is 0.171. The van der Waals surface area contributed by atoms with Gasteiger partial charge in [0.2, 0.25) is 0 Å². The Kier molecular flexibility index (Phi) is 10.7. The monoisotopic (exact) mass is 423 g/mol. The molecule has 0 aromatic heterocycles. The van der Waals surface area contributed by atoms with Gasteiger partial charge >= 0.3 is 12.2 Å². The highest BCUT2D eigenvalue weighted by atomic mass is 19.1. The predicted octanol–water partition coefficient (Wildman–Crippen LogP) is 3.22. The standard InChI is InChI=1S/C10H19NO3.C9H17NO3.CH3F/c1-10(2,3)14-9(12)11-6-5-8(11)7-13-4;1-9(2,3)13-8(12)10-5-4-7(10)6-11;1-2/h8H,5-7H2,1-4H3;7,11H,4-6H2,1-3H3;1H3/t8-;7-;/m11./s1/i;;1D. The Bertz CT molecular complexity index is 522. The van der Waals surface area contributed by atoms with Crippen LogP contribution in [0.1, 0.15) is 55.8 Å². The largest absolute Gasteiger partial charge is 0.444 e. The molecule has 0 spiro atoms. The van der Waals surface area contributed by atoms with Crippen molar-refractivity contribution in [2.24, 2.45) is 0 Å². The van der Waals surface area contributed by atoms with Crippen molar-refractivity contribution in [1.82, 2.24) is 9.80 Å². The first-order chi connectivity index (χ1) is 13.8. The molecular formula is C20H39FN2O6. The molecule has 2 saturated heterocycles. The molecule has 1 N–H and O–H groups in total. The zero-order chi connectivity index (χ0) is 23.5. The van der Waals surface area contributed by atoms with Crippen LogP contribution in [-0.2, 0) is 14.2 Å². The molecule has 2 aliphatic rings. The van der Waals surface area contributed by atoms with Crippen molar-refractivity contribution in [2.75, 3.05) is 40.6 Å². The number of likely N-dealkylation sites (tertiary alicyclic amines) is 2. The molecule has 0 aromatic rings. The molecular weight excluding hydrogens is 383 g/mol. The molecule has 0 unspecified atom stereocenters. The number of methoxy groups -OCH3 is 1. The minimum absolute atomic E-state index is 0.0270. The number of rotatable bonds is 3. The van der Waals surface area contributed by atoms with E-state index in [4.69, 9.17) is 20.7 Å². The van der Waals surface area contributed by atoms with Crippen LogP contribution in [0.5, 0.6) is 0 Å². The molecule has 0 aromatic carbocycles. The van der Waals surface area contributed by atoms with Gasteiger partial charge in [-0.1, -0.05) is 0 Å². The minimum atomic E-state index is -1.00. The normalized spacial score (nSPS) is 21.2. The third kappa shape index (κ3) is 10.1. The van der Waals surface area contributed by atoms with Gasteiger partial charge in [-0.15, -0.1) is 0 Å². The van der Waals surface area contributed by atoms with Gasteiger partial charge in [0, 0.05) is 20.2 Å². The minimum Gasteiger partial charge on any atom is -0.444 e. The van der Waals surface area contributed by atoms with E-state index in [0.29, 0.717) is 13.2 Å². The lowest BCUT2D eigenvalue weighted by Gasteiger charge is -2.40. The average molecular weight is 424 g/mol. The van der Waals surface area contributed by atoms with Crippen LogP contribution in [0.3, 0.4) is 0 Å². The summed E-state index contributed by atoms with van der Waals surface area (Å²) < 4.78 is 30.9. The van der Waals surface area contributed by atoms with Crippen molar-refractivity contribution in [3.63, 3.8) is 0 Å². The van der Waals surface area contributed by atoms with Gasteiger partial charge in [0.25, 0.3) is 0 Å². The van der Waals surface area contributed by atoms with Crippen LogP contribution in [0, 0.1) is 0 Å². The van der Waals surface area contributed by atoms with Crippen molar-refractivity contribution in [1.29, 1.82) is 0 Å². The molecule has 9 heteroatoms. The van der Waals surface area contributed by atoms with Crippen molar-refractivity contribution in [2.45, 2.75) is 77.7 Å². The molecule has 2 rings (SSSR count). The number of aliphatic hydroxyl groups is 1. The first-order valence-electron chi connectivity index (χ1n) is 10.4. The second-order valence-corrected chi connectivity index (χ2v) is 8.87. The van der Waals surface area contributed by atoms with E-state index in [0.717, 1.165) is 19.4 Å². The summed E-state index contributed by atoms with van der Waals surface area (Å²) in [7, 11) is 0.644. The molecule has 2 amide bonds. The van der Waals surface area contributed by atoms with E-state index >= 15 is 0 Å². The van der Waals surface area contributed by atoms with Crippen LogP contribution < -0.4 is 0 Å². The molecule has 2 atom stereocenters. The van der Waals surface area contributed by atoms with Crippen molar-refractivity contribution < 1.29 is 34.7 Å². The van der Waals surface area contributed by atoms with Gasteiger partial charge < -0.3 is 29.1 Å². The van der Waals surface area contributed by atoms with Crippen LogP contribution in [0.15, 0.2) is 0 Å². The highest BCUT2D eigenvalue weighted by Gasteiger charge is 2.35. The van der Waals surface area contributed by atoms with Crippen LogP contribution in [0.4, 0.5) is 14.0 Å². The van der Waals surface area contributed by atoms with Crippen molar-refractivity contribution in [3.8, 4) is 0 Å². The summed E-state index contributed by atoms with van der Waals surface area (Å²) in [5.41, 5.74) is -0.864. The maximum Gasteiger partial charge on any atom is 0.410 e. The lowest BCUT2D eigenvalue weighted by molar-refractivity contribution is -0.0219. The van der Waals surface area contributed by atoms with Gasteiger partial charge in [-0.2, -0.15) is 0 Å². The lowest BCUT2D eigenvalue weighted by Crippen LogP contribution is -2.54. The fourth-order valence-corrected chi connectivity index (χ4v) is 2.56. The number of nitrogens with zero attached hydrogens (tertiary/aromatic N) is 2.